The number of nitrogens with zero attached hydrogens (tertiary/aromatic N) is 3. The van der Waals surface area contributed by atoms with Gasteiger partial charge in [-0.25, -0.2) is 0 Å². The van der Waals surface area contributed by atoms with Gasteiger partial charge in [-0.15, -0.1) is 0 Å². The highest BCUT2D eigenvalue weighted by Crippen LogP contribution is 2.23. The van der Waals surface area contributed by atoms with Crippen LogP contribution in [0.3, 0.4) is 0 Å². The molecule has 0 spiro atoms. The molecule has 2 rings (SSSR count). The number of amides is 1. The summed E-state index contributed by atoms with van der Waals surface area (Å²) in [4.78, 5) is 13.5. The molecule has 22 heavy (non-hydrogen) atoms. The Morgan fingerprint density at radius 3 is 2.77 bits per heavy atom. The van der Waals surface area contributed by atoms with Gasteiger partial charge in [0.25, 0.3) is 0 Å². The van der Waals surface area contributed by atoms with E-state index in [1.807, 2.05) is 24.6 Å². The van der Waals surface area contributed by atoms with Crippen molar-refractivity contribution in [3.8, 4) is 0 Å². The van der Waals surface area contributed by atoms with Crippen molar-refractivity contribution in [1.82, 2.24) is 14.7 Å². The highest BCUT2D eigenvalue weighted by atomic mass is 19.4. The van der Waals surface area contributed by atoms with Crippen molar-refractivity contribution in [2.24, 2.45) is 0 Å². The first kappa shape index (κ1) is 16.8. The molecule has 0 bridgehead atoms. The Kier molecular flexibility index (Phi) is 5.10. The molecule has 1 aliphatic heterocycles. The lowest BCUT2D eigenvalue weighted by Crippen LogP contribution is -2.43. The minimum Gasteiger partial charge on any atom is -0.362 e. The van der Waals surface area contributed by atoms with Gasteiger partial charge in [-0.3, -0.25) is 9.48 Å². The fourth-order valence-corrected chi connectivity index (χ4v) is 2.74. The van der Waals surface area contributed by atoms with E-state index in [0.717, 1.165) is 24.2 Å². The lowest BCUT2D eigenvalue weighted by atomic mass is 10.1. The number of rotatable bonds is 4. The summed E-state index contributed by atoms with van der Waals surface area (Å²) in [6.45, 7) is 2.92. The van der Waals surface area contributed by atoms with Crippen molar-refractivity contribution in [3.05, 3.63) is 17.5 Å². The Hall–Kier alpha value is -1.57. The third-order valence-electron chi connectivity index (χ3n) is 3.63. The van der Waals surface area contributed by atoms with E-state index >= 15 is 0 Å². The largest absolute Gasteiger partial charge is 0.411 e. The quantitative estimate of drug-likeness (QED) is 0.855. The average Bonchev–Trinajstić information content (AvgIpc) is 2.76. The third-order valence-corrected chi connectivity index (χ3v) is 3.63. The smallest absolute Gasteiger partial charge is 0.362 e. The second-order valence-electron chi connectivity index (χ2n) is 5.62. The lowest BCUT2D eigenvalue weighted by Gasteiger charge is -2.33. The number of aryl methyl sites for hydroxylation is 2. The molecule has 8 heteroatoms. The van der Waals surface area contributed by atoms with E-state index in [-0.39, 0.29) is 6.04 Å². The summed E-state index contributed by atoms with van der Waals surface area (Å²) >= 11 is 0. The molecule has 0 saturated carbocycles. The van der Waals surface area contributed by atoms with Gasteiger partial charge in [0, 0.05) is 18.8 Å². The monoisotopic (exact) mass is 319 g/mol. The van der Waals surface area contributed by atoms with Crippen LogP contribution in [0.5, 0.6) is 0 Å². The Morgan fingerprint density at radius 1 is 1.45 bits per heavy atom. The van der Waals surface area contributed by atoms with Crippen molar-refractivity contribution in [2.75, 3.05) is 26.3 Å². The summed E-state index contributed by atoms with van der Waals surface area (Å²) in [5.74, 6) is -0.407. The normalized spacial score (nSPS) is 19.5. The van der Waals surface area contributed by atoms with Crippen molar-refractivity contribution in [1.29, 1.82) is 0 Å². The first-order valence-electron chi connectivity index (χ1n) is 7.21. The van der Waals surface area contributed by atoms with Crippen molar-refractivity contribution in [3.63, 3.8) is 0 Å². The Morgan fingerprint density at radius 2 is 2.18 bits per heavy atom. The summed E-state index contributed by atoms with van der Waals surface area (Å²) in [6.07, 6.45) is -2.71. The van der Waals surface area contributed by atoms with Gasteiger partial charge in [-0.2, -0.15) is 18.3 Å². The molecule has 1 aromatic rings. The second kappa shape index (κ2) is 6.68. The second-order valence-corrected chi connectivity index (χ2v) is 5.62. The zero-order valence-corrected chi connectivity index (χ0v) is 12.7. The molecule has 1 amide bonds. The third kappa shape index (κ3) is 4.46. The highest BCUT2D eigenvalue weighted by Gasteiger charge is 2.30. The van der Waals surface area contributed by atoms with Gasteiger partial charge in [-0.1, -0.05) is 0 Å². The van der Waals surface area contributed by atoms with E-state index < -0.39 is 25.3 Å². The number of alkyl halides is 3. The molecule has 1 saturated heterocycles. The fourth-order valence-electron chi connectivity index (χ4n) is 2.74. The number of likely N-dealkylation sites (tertiary alicyclic amines) is 1. The van der Waals surface area contributed by atoms with Crippen LogP contribution >= 0.6 is 0 Å². The van der Waals surface area contributed by atoms with Gasteiger partial charge in [0.1, 0.15) is 13.2 Å². The fraction of sp³-hybridized carbons (Fsp3) is 0.714. The van der Waals surface area contributed by atoms with Crippen LogP contribution in [0.1, 0.15) is 30.3 Å². The van der Waals surface area contributed by atoms with Crippen molar-refractivity contribution < 1.29 is 22.7 Å². The molecule has 124 valence electrons. The number of aromatic nitrogens is 2. The maximum absolute atomic E-state index is 12.0. The van der Waals surface area contributed by atoms with E-state index in [9.17, 15) is 18.0 Å². The average molecular weight is 319 g/mol. The van der Waals surface area contributed by atoms with Crippen LogP contribution < -0.4 is 0 Å². The molecule has 0 aromatic carbocycles. The maximum atomic E-state index is 12.0. The minimum atomic E-state index is -4.41. The number of halogens is 3. The van der Waals surface area contributed by atoms with E-state index in [4.69, 9.17) is 0 Å². The molecule has 0 unspecified atom stereocenters. The number of ether oxygens (including phenoxy) is 1. The van der Waals surface area contributed by atoms with Gasteiger partial charge in [0.2, 0.25) is 5.91 Å². The van der Waals surface area contributed by atoms with Crippen LogP contribution in [-0.4, -0.2) is 53.1 Å². The van der Waals surface area contributed by atoms with Crippen LogP contribution in [0, 0.1) is 13.8 Å². The van der Waals surface area contributed by atoms with Crippen LogP contribution in [0.25, 0.3) is 0 Å². The van der Waals surface area contributed by atoms with E-state index in [1.54, 1.807) is 4.90 Å². The van der Waals surface area contributed by atoms with Gasteiger partial charge >= 0.3 is 6.18 Å². The molecule has 2 heterocycles. The molecular formula is C14H20F3N3O2. The molecule has 1 aliphatic rings. The topological polar surface area (TPSA) is 47.4 Å². The molecule has 0 N–H and O–H groups in total. The maximum Gasteiger partial charge on any atom is 0.411 e. The summed E-state index contributed by atoms with van der Waals surface area (Å²) in [7, 11) is 0. The molecule has 0 aliphatic carbocycles. The van der Waals surface area contributed by atoms with Gasteiger partial charge in [0.15, 0.2) is 0 Å². The first-order chi connectivity index (χ1) is 10.3. The van der Waals surface area contributed by atoms with Crippen LogP contribution in [0.15, 0.2) is 6.07 Å². The minimum absolute atomic E-state index is 0.0639. The number of hydrogen-bond donors (Lipinski definition) is 0. The van der Waals surface area contributed by atoms with Crippen molar-refractivity contribution in [2.45, 2.75) is 38.9 Å². The van der Waals surface area contributed by atoms with E-state index in [0.29, 0.717) is 13.1 Å². The van der Waals surface area contributed by atoms with Gasteiger partial charge < -0.3 is 9.64 Å². The van der Waals surface area contributed by atoms with E-state index in [1.165, 1.54) is 0 Å². The Bertz CT molecular complexity index is 528. The van der Waals surface area contributed by atoms with Gasteiger partial charge in [-0.05, 0) is 32.8 Å². The van der Waals surface area contributed by atoms with E-state index in [2.05, 4.69) is 9.84 Å². The summed E-state index contributed by atoms with van der Waals surface area (Å²) in [5.41, 5.74) is 1.93. The SMILES string of the molecule is Cc1cc(C)n([C@@H]2CCCN(C(=O)COCC(F)(F)F)C2)n1. The summed E-state index contributed by atoms with van der Waals surface area (Å²) < 4.78 is 42.4. The predicted molar refractivity (Wildman–Crippen MR) is 73.4 cm³/mol. The van der Waals surface area contributed by atoms with Crippen LogP contribution in [0.4, 0.5) is 13.2 Å². The summed E-state index contributed by atoms with van der Waals surface area (Å²) in [5, 5.41) is 4.42. The zero-order chi connectivity index (χ0) is 16.3. The lowest BCUT2D eigenvalue weighted by molar-refractivity contribution is -0.178. The highest BCUT2D eigenvalue weighted by molar-refractivity contribution is 5.77. The number of carbonyl (C=O) groups excluding carboxylic acids is 1. The standard InChI is InChI=1S/C14H20F3N3O2/c1-10-6-11(2)20(18-10)12-4-3-5-19(7-12)13(21)8-22-9-14(15,16)17/h6,12H,3-5,7-9H2,1-2H3/t12-/m1/s1. The molecule has 5 nitrogen and oxygen atoms in total. The molecule has 0 radical (unpaired) electrons. The molecule has 1 fully saturated rings. The number of hydrogen-bond acceptors (Lipinski definition) is 3. The summed E-state index contributed by atoms with van der Waals surface area (Å²) in [6, 6.07) is 2.03. The molecular weight excluding hydrogens is 299 g/mol. The Balaban J connectivity index is 1.90. The molecule has 1 atom stereocenters. The Labute approximate surface area is 127 Å². The number of carbonyl (C=O) groups is 1. The van der Waals surface area contributed by atoms with Gasteiger partial charge in [0.05, 0.1) is 11.7 Å². The molecule has 1 aromatic heterocycles. The predicted octanol–water partition coefficient (Wildman–Crippen LogP) is 2.24. The first-order valence-corrected chi connectivity index (χ1v) is 7.21. The van der Waals surface area contributed by atoms with Crippen LogP contribution in [0.2, 0.25) is 0 Å². The van der Waals surface area contributed by atoms with Crippen molar-refractivity contribution >= 4 is 5.91 Å². The zero-order valence-electron chi connectivity index (χ0n) is 12.7. The number of piperidine rings is 1. The van der Waals surface area contributed by atoms with Crippen LogP contribution in [-0.2, 0) is 9.53 Å².